The third-order valence-corrected chi connectivity index (χ3v) is 4.19. The monoisotopic (exact) mass is 268 g/mol. The lowest BCUT2D eigenvalue weighted by atomic mass is 9.96. The SMILES string of the molecule is CCNc1nnc(C(=O)N2CCCC(CC)C2)s1. The molecule has 1 aromatic heterocycles. The van der Waals surface area contributed by atoms with E-state index in [-0.39, 0.29) is 5.91 Å². The Kier molecular flexibility index (Phi) is 4.52. The Morgan fingerprint density at radius 2 is 2.33 bits per heavy atom. The topological polar surface area (TPSA) is 58.1 Å². The Bertz CT molecular complexity index is 407. The van der Waals surface area contributed by atoms with Crippen LogP contribution < -0.4 is 5.32 Å². The molecule has 1 aliphatic rings. The van der Waals surface area contributed by atoms with Crippen molar-refractivity contribution in [1.29, 1.82) is 0 Å². The number of nitrogens with one attached hydrogen (secondary N) is 1. The summed E-state index contributed by atoms with van der Waals surface area (Å²) in [4.78, 5) is 14.2. The number of amides is 1. The molecule has 2 heterocycles. The summed E-state index contributed by atoms with van der Waals surface area (Å²) in [6.07, 6.45) is 3.48. The molecule has 1 aromatic rings. The number of aromatic nitrogens is 2. The molecule has 1 unspecified atom stereocenters. The third-order valence-electron chi connectivity index (χ3n) is 3.32. The number of carbonyl (C=O) groups excluding carboxylic acids is 1. The molecule has 1 amide bonds. The van der Waals surface area contributed by atoms with Crippen LogP contribution in [0.25, 0.3) is 0 Å². The van der Waals surface area contributed by atoms with E-state index in [9.17, 15) is 4.79 Å². The molecule has 18 heavy (non-hydrogen) atoms. The Morgan fingerprint density at radius 3 is 3.06 bits per heavy atom. The molecule has 1 saturated heterocycles. The molecule has 0 aromatic carbocycles. The molecule has 0 bridgehead atoms. The van der Waals surface area contributed by atoms with Gasteiger partial charge in [0.1, 0.15) is 0 Å². The van der Waals surface area contributed by atoms with Gasteiger partial charge in [-0.1, -0.05) is 24.7 Å². The van der Waals surface area contributed by atoms with Crippen LogP contribution in [0.2, 0.25) is 0 Å². The Labute approximate surface area is 112 Å². The van der Waals surface area contributed by atoms with E-state index in [1.165, 1.54) is 17.8 Å². The van der Waals surface area contributed by atoms with Crippen molar-refractivity contribution in [3.63, 3.8) is 0 Å². The van der Waals surface area contributed by atoms with Crippen molar-refractivity contribution in [1.82, 2.24) is 15.1 Å². The van der Waals surface area contributed by atoms with Gasteiger partial charge in [-0.15, -0.1) is 10.2 Å². The Morgan fingerprint density at radius 1 is 1.50 bits per heavy atom. The van der Waals surface area contributed by atoms with Crippen molar-refractivity contribution in [3.05, 3.63) is 5.01 Å². The number of hydrogen-bond acceptors (Lipinski definition) is 5. The summed E-state index contributed by atoms with van der Waals surface area (Å²) in [5, 5.41) is 12.3. The van der Waals surface area contributed by atoms with E-state index >= 15 is 0 Å². The summed E-state index contributed by atoms with van der Waals surface area (Å²) < 4.78 is 0. The highest BCUT2D eigenvalue weighted by molar-refractivity contribution is 7.17. The number of rotatable bonds is 4. The maximum absolute atomic E-state index is 12.3. The van der Waals surface area contributed by atoms with Crippen molar-refractivity contribution in [2.75, 3.05) is 25.0 Å². The first-order valence-corrected chi connectivity index (χ1v) is 7.42. The predicted molar refractivity (Wildman–Crippen MR) is 73.0 cm³/mol. The Hall–Kier alpha value is -1.17. The van der Waals surface area contributed by atoms with Gasteiger partial charge >= 0.3 is 0 Å². The minimum absolute atomic E-state index is 0.0369. The minimum atomic E-state index is 0.0369. The summed E-state index contributed by atoms with van der Waals surface area (Å²) in [5.41, 5.74) is 0. The summed E-state index contributed by atoms with van der Waals surface area (Å²) in [6, 6.07) is 0. The van der Waals surface area contributed by atoms with Gasteiger partial charge < -0.3 is 10.2 Å². The van der Waals surface area contributed by atoms with E-state index in [4.69, 9.17) is 0 Å². The summed E-state index contributed by atoms with van der Waals surface area (Å²) in [6.45, 7) is 6.70. The molecular formula is C12H20N4OS. The van der Waals surface area contributed by atoms with E-state index in [2.05, 4.69) is 22.4 Å². The molecule has 6 heteroatoms. The number of carbonyl (C=O) groups is 1. The molecule has 5 nitrogen and oxygen atoms in total. The van der Waals surface area contributed by atoms with Crippen LogP contribution in [0, 0.1) is 5.92 Å². The lowest BCUT2D eigenvalue weighted by molar-refractivity contribution is 0.0670. The van der Waals surface area contributed by atoms with E-state index in [0.717, 1.165) is 37.6 Å². The van der Waals surface area contributed by atoms with Crippen molar-refractivity contribution >= 4 is 22.4 Å². The van der Waals surface area contributed by atoms with Gasteiger partial charge in [0, 0.05) is 19.6 Å². The van der Waals surface area contributed by atoms with Gasteiger partial charge in [0.25, 0.3) is 5.91 Å². The summed E-state index contributed by atoms with van der Waals surface area (Å²) in [7, 11) is 0. The van der Waals surface area contributed by atoms with E-state index in [0.29, 0.717) is 10.9 Å². The third kappa shape index (κ3) is 2.98. The van der Waals surface area contributed by atoms with Crippen LogP contribution in [0.1, 0.15) is 42.9 Å². The standard InChI is InChI=1S/C12H20N4OS/c1-3-9-6-5-7-16(8-9)11(17)10-14-15-12(18-10)13-4-2/h9H,3-8H2,1-2H3,(H,13,15). The average Bonchev–Trinajstić information content (AvgIpc) is 2.87. The Balaban J connectivity index is 2.00. The van der Waals surface area contributed by atoms with Crippen molar-refractivity contribution < 1.29 is 4.79 Å². The molecule has 0 saturated carbocycles. The number of likely N-dealkylation sites (tertiary alicyclic amines) is 1. The normalized spacial score (nSPS) is 19.9. The van der Waals surface area contributed by atoms with Crippen LogP contribution >= 0.6 is 11.3 Å². The number of nitrogens with zero attached hydrogens (tertiary/aromatic N) is 3. The fourth-order valence-electron chi connectivity index (χ4n) is 2.25. The molecule has 1 N–H and O–H groups in total. The molecule has 1 fully saturated rings. The smallest absolute Gasteiger partial charge is 0.284 e. The van der Waals surface area contributed by atoms with Crippen molar-refractivity contribution in [2.24, 2.45) is 5.92 Å². The number of anilines is 1. The highest BCUT2D eigenvalue weighted by Crippen LogP contribution is 2.23. The fraction of sp³-hybridized carbons (Fsp3) is 0.750. The van der Waals surface area contributed by atoms with E-state index in [1.807, 2.05) is 11.8 Å². The van der Waals surface area contributed by atoms with Crippen LogP contribution in [0.15, 0.2) is 0 Å². The van der Waals surface area contributed by atoms with Crippen LogP contribution in [-0.2, 0) is 0 Å². The molecule has 100 valence electrons. The predicted octanol–water partition coefficient (Wildman–Crippen LogP) is 2.23. The molecule has 0 spiro atoms. The number of hydrogen-bond donors (Lipinski definition) is 1. The van der Waals surface area contributed by atoms with Crippen molar-refractivity contribution in [3.8, 4) is 0 Å². The van der Waals surface area contributed by atoms with Crippen molar-refractivity contribution in [2.45, 2.75) is 33.1 Å². The lowest BCUT2D eigenvalue weighted by Crippen LogP contribution is -2.39. The molecule has 1 atom stereocenters. The fourth-order valence-corrected chi connectivity index (χ4v) is 3.03. The van der Waals surface area contributed by atoms with Gasteiger partial charge in [0.2, 0.25) is 10.1 Å². The quantitative estimate of drug-likeness (QED) is 0.909. The summed E-state index contributed by atoms with van der Waals surface area (Å²) >= 11 is 1.34. The van der Waals surface area contributed by atoms with Gasteiger partial charge in [0.05, 0.1) is 0 Å². The maximum atomic E-state index is 12.3. The van der Waals surface area contributed by atoms with Crippen LogP contribution in [0.4, 0.5) is 5.13 Å². The second-order valence-corrected chi connectivity index (χ2v) is 5.59. The van der Waals surface area contributed by atoms with Gasteiger partial charge in [0.15, 0.2) is 0 Å². The van der Waals surface area contributed by atoms with E-state index in [1.54, 1.807) is 0 Å². The van der Waals surface area contributed by atoms with E-state index < -0.39 is 0 Å². The van der Waals surface area contributed by atoms with Crippen LogP contribution in [0.3, 0.4) is 0 Å². The minimum Gasteiger partial charge on any atom is -0.360 e. The zero-order valence-corrected chi connectivity index (χ0v) is 11.8. The molecular weight excluding hydrogens is 248 g/mol. The lowest BCUT2D eigenvalue weighted by Gasteiger charge is -2.31. The molecule has 0 radical (unpaired) electrons. The van der Waals surface area contributed by atoms with Gasteiger partial charge in [-0.3, -0.25) is 4.79 Å². The first kappa shape index (κ1) is 13.3. The number of piperidine rings is 1. The molecule has 2 rings (SSSR count). The highest BCUT2D eigenvalue weighted by atomic mass is 32.1. The van der Waals surface area contributed by atoms with Crippen LogP contribution in [-0.4, -0.2) is 40.6 Å². The average molecular weight is 268 g/mol. The second kappa shape index (κ2) is 6.13. The highest BCUT2D eigenvalue weighted by Gasteiger charge is 2.25. The maximum Gasteiger partial charge on any atom is 0.284 e. The summed E-state index contributed by atoms with van der Waals surface area (Å²) in [5.74, 6) is 0.679. The first-order valence-electron chi connectivity index (χ1n) is 6.61. The molecule has 1 aliphatic heterocycles. The van der Waals surface area contributed by atoms with Gasteiger partial charge in [-0.05, 0) is 25.7 Å². The molecule has 0 aliphatic carbocycles. The van der Waals surface area contributed by atoms with Gasteiger partial charge in [-0.2, -0.15) is 0 Å². The van der Waals surface area contributed by atoms with Gasteiger partial charge in [-0.25, -0.2) is 0 Å². The van der Waals surface area contributed by atoms with Crippen LogP contribution in [0.5, 0.6) is 0 Å². The zero-order valence-electron chi connectivity index (χ0n) is 11.0. The first-order chi connectivity index (χ1) is 8.74. The zero-order chi connectivity index (χ0) is 13.0. The largest absolute Gasteiger partial charge is 0.360 e. The second-order valence-electron chi connectivity index (χ2n) is 4.61.